The second-order valence-corrected chi connectivity index (χ2v) is 5.89. The Labute approximate surface area is 130 Å². The predicted octanol–water partition coefficient (Wildman–Crippen LogP) is 3.06. The van der Waals surface area contributed by atoms with Crippen LogP contribution in [0, 0.1) is 6.92 Å². The molecule has 3 aromatic rings. The van der Waals surface area contributed by atoms with Gasteiger partial charge in [0.05, 0.1) is 11.3 Å². The average molecular weight is 311 g/mol. The first kappa shape index (κ1) is 14.2. The number of hydrogen-bond acceptors (Lipinski definition) is 4. The zero-order valence-electron chi connectivity index (χ0n) is 11.8. The van der Waals surface area contributed by atoms with Crippen LogP contribution in [-0.4, -0.2) is 15.9 Å². The number of carbonyl (C=O) groups is 1. The van der Waals surface area contributed by atoms with Gasteiger partial charge in [-0.1, -0.05) is 30.3 Å². The van der Waals surface area contributed by atoms with Crippen LogP contribution in [0.25, 0.3) is 11.3 Å². The molecule has 0 spiro atoms. The van der Waals surface area contributed by atoms with Gasteiger partial charge < -0.3 is 4.98 Å². The van der Waals surface area contributed by atoms with E-state index in [0.717, 1.165) is 16.1 Å². The Morgan fingerprint density at radius 1 is 1.18 bits per heavy atom. The lowest BCUT2D eigenvalue weighted by molar-refractivity contribution is 0.102. The molecule has 1 amide bonds. The lowest BCUT2D eigenvalue weighted by Gasteiger charge is -2.00. The van der Waals surface area contributed by atoms with E-state index in [1.54, 1.807) is 0 Å². The Morgan fingerprint density at radius 3 is 2.64 bits per heavy atom. The molecule has 2 heterocycles. The van der Waals surface area contributed by atoms with E-state index in [1.807, 2.05) is 37.3 Å². The van der Waals surface area contributed by atoms with E-state index < -0.39 is 0 Å². The molecule has 0 unspecified atom stereocenters. The lowest BCUT2D eigenvalue weighted by Crippen LogP contribution is -2.14. The normalized spacial score (nSPS) is 10.4. The Kier molecular flexibility index (Phi) is 3.84. The highest BCUT2D eigenvalue weighted by molar-refractivity contribution is 7.16. The Hall–Kier alpha value is -2.73. The molecule has 0 saturated heterocycles. The number of aromatic amines is 1. The molecule has 1 aromatic carbocycles. The number of carbonyl (C=O) groups excluding carboxylic acids is 1. The molecule has 0 aliphatic rings. The molecule has 0 saturated carbocycles. The van der Waals surface area contributed by atoms with E-state index in [-0.39, 0.29) is 11.5 Å². The summed E-state index contributed by atoms with van der Waals surface area (Å²) in [5.74, 6) is -0.301. The maximum Gasteiger partial charge on any atom is 0.258 e. The molecule has 3 rings (SSSR count). The van der Waals surface area contributed by atoms with Crippen molar-refractivity contribution in [2.75, 3.05) is 5.32 Å². The molecular weight excluding hydrogens is 298 g/mol. The molecule has 0 aliphatic heterocycles. The summed E-state index contributed by atoms with van der Waals surface area (Å²) in [7, 11) is 0. The van der Waals surface area contributed by atoms with Crippen LogP contribution in [0.1, 0.15) is 15.2 Å². The number of anilines is 1. The summed E-state index contributed by atoms with van der Waals surface area (Å²) in [6.45, 7) is 1.97. The third-order valence-electron chi connectivity index (χ3n) is 3.11. The summed E-state index contributed by atoms with van der Waals surface area (Å²) in [5, 5.41) is 3.29. The predicted molar refractivity (Wildman–Crippen MR) is 87.3 cm³/mol. The number of benzene rings is 1. The number of aromatic nitrogens is 2. The molecule has 0 aliphatic carbocycles. The number of nitrogens with zero attached hydrogens (tertiary/aromatic N) is 1. The highest BCUT2D eigenvalue weighted by atomic mass is 32.1. The molecule has 2 N–H and O–H groups in total. The topological polar surface area (TPSA) is 74.8 Å². The number of thiazole rings is 1. The third kappa shape index (κ3) is 2.96. The first-order chi connectivity index (χ1) is 10.6. The summed E-state index contributed by atoms with van der Waals surface area (Å²) < 4.78 is 0. The standard InChI is InChI=1S/C16H13N3O2S/c1-10-14(11-5-3-2-4-6-11)18-16(22-10)19-15(21)12-7-8-13(20)17-9-12/h2-9H,1H3,(H,17,20)(H,18,19,21). The van der Waals surface area contributed by atoms with Crippen molar-refractivity contribution in [2.45, 2.75) is 6.92 Å². The van der Waals surface area contributed by atoms with Crippen molar-refractivity contribution in [3.05, 3.63) is 69.5 Å². The molecular formula is C16H13N3O2S. The van der Waals surface area contributed by atoms with E-state index in [2.05, 4.69) is 15.3 Å². The molecule has 2 aromatic heterocycles. The van der Waals surface area contributed by atoms with Crippen molar-refractivity contribution in [2.24, 2.45) is 0 Å². The average Bonchev–Trinajstić information content (AvgIpc) is 2.89. The van der Waals surface area contributed by atoms with Gasteiger partial charge in [0.15, 0.2) is 5.13 Å². The van der Waals surface area contributed by atoms with Gasteiger partial charge in [-0.05, 0) is 13.0 Å². The minimum Gasteiger partial charge on any atom is -0.328 e. The van der Waals surface area contributed by atoms with Gasteiger partial charge >= 0.3 is 0 Å². The number of rotatable bonds is 3. The van der Waals surface area contributed by atoms with Crippen LogP contribution >= 0.6 is 11.3 Å². The first-order valence-corrected chi connectivity index (χ1v) is 7.48. The fraction of sp³-hybridized carbons (Fsp3) is 0.0625. The highest BCUT2D eigenvalue weighted by Crippen LogP contribution is 2.30. The summed E-state index contributed by atoms with van der Waals surface area (Å²) in [5.41, 5.74) is 2.02. The molecule has 22 heavy (non-hydrogen) atoms. The number of aryl methyl sites for hydroxylation is 1. The Morgan fingerprint density at radius 2 is 1.95 bits per heavy atom. The van der Waals surface area contributed by atoms with Crippen LogP contribution in [0.15, 0.2) is 53.5 Å². The molecule has 0 bridgehead atoms. The van der Waals surface area contributed by atoms with Crippen molar-refractivity contribution in [1.29, 1.82) is 0 Å². The largest absolute Gasteiger partial charge is 0.328 e. The monoisotopic (exact) mass is 311 g/mol. The van der Waals surface area contributed by atoms with E-state index in [0.29, 0.717) is 10.7 Å². The summed E-state index contributed by atoms with van der Waals surface area (Å²) in [6.07, 6.45) is 1.39. The minimum absolute atomic E-state index is 0.243. The molecule has 5 nitrogen and oxygen atoms in total. The SMILES string of the molecule is Cc1sc(NC(=O)c2ccc(=O)[nH]c2)nc1-c1ccccc1. The van der Waals surface area contributed by atoms with Gasteiger partial charge in [-0.2, -0.15) is 0 Å². The smallest absolute Gasteiger partial charge is 0.258 e. The fourth-order valence-corrected chi connectivity index (χ4v) is 2.87. The number of nitrogens with one attached hydrogen (secondary N) is 2. The summed E-state index contributed by atoms with van der Waals surface area (Å²) >= 11 is 1.42. The molecule has 0 fully saturated rings. The quantitative estimate of drug-likeness (QED) is 0.780. The Bertz CT molecular complexity index is 848. The fourth-order valence-electron chi connectivity index (χ4n) is 2.03. The number of pyridine rings is 1. The number of hydrogen-bond donors (Lipinski definition) is 2. The van der Waals surface area contributed by atoms with Crippen LogP contribution in [0.4, 0.5) is 5.13 Å². The second-order valence-electron chi connectivity index (χ2n) is 4.69. The van der Waals surface area contributed by atoms with Gasteiger partial charge in [0.25, 0.3) is 5.91 Å². The van der Waals surface area contributed by atoms with Crippen molar-refractivity contribution < 1.29 is 4.79 Å². The maximum absolute atomic E-state index is 12.1. The zero-order chi connectivity index (χ0) is 15.5. The first-order valence-electron chi connectivity index (χ1n) is 6.66. The van der Waals surface area contributed by atoms with Gasteiger partial charge in [0.2, 0.25) is 5.56 Å². The third-order valence-corrected chi connectivity index (χ3v) is 4.00. The van der Waals surface area contributed by atoms with E-state index in [9.17, 15) is 9.59 Å². The lowest BCUT2D eigenvalue weighted by atomic mass is 10.1. The zero-order valence-corrected chi connectivity index (χ0v) is 12.6. The van der Waals surface area contributed by atoms with E-state index in [1.165, 1.54) is 29.7 Å². The van der Waals surface area contributed by atoms with Crippen LogP contribution < -0.4 is 10.9 Å². The van der Waals surface area contributed by atoms with E-state index >= 15 is 0 Å². The van der Waals surface area contributed by atoms with Crippen molar-refractivity contribution >= 4 is 22.4 Å². The number of H-pyrrole nitrogens is 1. The van der Waals surface area contributed by atoms with Gasteiger partial charge in [-0.3, -0.25) is 14.9 Å². The van der Waals surface area contributed by atoms with Gasteiger partial charge in [-0.15, -0.1) is 11.3 Å². The molecule has 110 valence electrons. The van der Waals surface area contributed by atoms with Crippen LogP contribution in [0.3, 0.4) is 0 Å². The maximum atomic E-state index is 12.1. The molecule has 0 atom stereocenters. The van der Waals surface area contributed by atoms with E-state index in [4.69, 9.17) is 0 Å². The molecule has 6 heteroatoms. The minimum atomic E-state index is -0.301. The summed E-state index contributed by atoms with van der Waals surface area (Å²) in [6, 6.07) is 12.6. The summed E-state index contributed by atoms with van der Waals surface area (Å²) in [4.78, 5) is 31.1. The van der Waals surface area contributed by atoms with Crippen molar-refractivity contribution in [1.82, 2.24) is 9.97 Å². The van der Waals surface area contributed by atoms with Gasteiger partial charge in [0, 0.05) is 22.7 Å². The van der Waals surface area contributed by atoms with Crippen LogP contribution in [-0.2, 0) is 0 Å². The highest BCUT2D eigenvalue weighted by Gasteiger charge is 2.13. The van der Waals surface area contributed by atoms with Crippen LogP contribution in [0.2, 0.25) is 0 Å². The van der Waals surface area contributed by atoms with Gasteiger partial charge in [0.1, 0.15) is 0 Å². The van der Waals surface area contributed by atoms with Gasteiger partial charge in [-0.25, -0.2) is 4.98 Å². The van der Waals surface area contributed by atoms with Crippen molar-refractivity contribution in [3.63, 3.8) is 0 Å². The van der Waals surface area contributed by atoms with Crippen LogP contribution in [0.5, 0.6) is 0 Å². The molecule has 0 radical (unpaired) electrons. The second kappa shape index (κ2) is 5.95. The Balaban J connectivity index is 1.83. The van der Waals surface area contributed by atoms with Crippen molar-refractivity contribution in [3.8, 4) is 11.3 Å². The number of amides is 1.